The van der Waals surface area contributed by atoms with Crippen LogP contribution >= 0.6 is 0 Å². The first-order valence-electron chi connectivity index (χ1n) is 7.38. The van der Waals surface area contributed by atoms with Crippen molar-refractivity contribution in [1.82, 2.24) is 9.88 Å². The standard InChI is InChI=1S/C18H23FN2O/c1-13-9-15(10-14(2)18(13)19)11-21(3)17(12-22-4)16-7-5-6-8-20-16/h5-10,17H,11-12H2,1-4H3. The Labute approximate surface area is 131 Å². The van der Waals surface area contributed by atoms with Crippen LogP contribution in [0.1, 0.15) is 28.4 Å². The zero-order valence-corrected chi connectivity index (χ0v) is 13.6. The summed E-state index contributed by atoms with van der Waals surface area (Å²) in [5.41, 5.74) is 3.44. The van der Waals surface area contributed by atoms with Gasteiger partial charge in [0, 0.05) is 19.9 Å². The summed E-state index contributed by atoms with van der Waals surface area (Å²) in [6.45, 7) is 4.88. The molecule has 2 aromatic rings. The molecule has 0 saturated carbocycles. The molecule has 1 aromatic heterocycles. The highest BCUT2D eigenvalue weighted by Gasteiger charge is 2.19. The highest BCUT2D eigenvalue weighted by Crippen LogP contribution is 2.22. The lowest BCUT2D eigenvalue weighted by Crippen LogP contribution is -2.28. The molecule has 0 amide bonds. The fourth-order valence-corrected chi connectivity index (χ4v) is 2.69. The van der Waals surface area contributed by atoms with Gasteiger partial charge in [0.25, 0.3) is 0 Å². The van der Waals surface area contributed by atoms with E-state index in [2.05, 4.69) is 9.88 Å². The maximum Gasteiger partial charge on any atom is 0.129 e. The first-order valence-corrected chi connectivity index (χ1v) is 7.38. The van der Waals surface area contributed by atoms with Crippen molar-refractivity contribution in [3.63, 3.8) is 0 Å². The Morgan fingerprint density at radius 3 is 2.45 bits per heavy atom. The second-order valence-corrected chi connectivity index (χ2v) is 5.68. The van der Waals surface area contributed by atoms with Crippen LogP contribution in [0.15, 0.2) is 36.5 Å². The molecule has 4 heteroatoms. The van der Waals surface area contributed by atoms with Gasteiger partial charge in [0.05, 0.1) is 18.3 Å². The Morgan fingerprint density at radius 2 is 1.91 bits per heavy atom. The fraction of sp³-hybridized carbons (Fsp3) is 0.389. The minimum atomic E-state index is -0.121. The summed E-state index contributed by atoms with van der Waals surface area (Å²) in [6, 6.07) is 9.76. The third-order valence-corrected chi connectivity index (χ3v) is 3.81. The van der Waals surface area contributed by atoms with Crippen molar-refractivity contribution in [2.24, 2.45) is 0 Å². The van der Waals surface area contributed by atoms with E-state index in [1.54, 1.807) is 27.2 Å². The molecule has 3 nitrogen and oxygen atoms in total. The van der Waals surface area contributed by atoms with Gasteiger partial charge in [-0.25, -0.2) is 4.39 Å². The predicted molar refractivity (Wildman–Crippen MR) is 86.2 cm³/mol. The summed E-state index contributed by atoms with van der Waals surface area (Å²) in [4.78, 5) is 6.61. The van der Waals surface area contributed by atoms with E-state index in [1.807, 2.05) is 37.4 Å². The van der Waals surface area contributed by atoms with Gasteiger partial charge in [-0.3, -0.25) is 9.88 Å². The summed E-state index contributed by atoms with van der Waals surface area (Å²) in [7, 11) is 3.72. The molecule has 0 aliphatic heterocycles. The molecule has 0 aliphatic rings. The topological polar surface area (TPSA) is 25.4 Å². The maximum absolute atomic E-state index is 13.7. The van der Waals surface area contributed by atoms with Crippen LogP contribution in [-0.4, -0.2) is 30.6 Å². The van der Waals surface area contributed by atoms with Crippen molar-refractivity contribution >= 4 is 0 Å². The number of halogens is 1. The first kappa shape index (κ1) is 16.6. The minimum Gasteiger partial charge on any atom is -0.383 e. The van der Waals surface area contributed by atoms with Gasteiger partial charge < -0.3 is 4.74 Å². The molecule has 1 atom stereocenters. The number of methoxy groups -OCH3 is 1. The van der Waals surface area contributed by atoms with Crippen LogP contribution in [0.4, 0.5) is 4.39 Å². The van der Waals surface area contributed by atoms with E-state index < -0.39 is 0 Å². The molecule has 0 saturated heterocycles. The van der Waals surface area contributed by atoms with Crippen LogP contribution in [0.2, 0.25) is 0 Å². The molecule has 2 rings (SSSR count). The normalized spacial score (nSPS) is 12.6. The lowest BCUT2D eigenvalue weighted by Gasteiger charge is -2.27. The van der Waals surface area contributed by atoms with E-state index in [0.717, 1.165) is 11.3 Å². The summed E-state index contributed by atoms with van der Waals surface area (Å²) in [5, 5.41) is 0. The van der Waals surface area contributed by atoms with Crippen molar-refractivity contribution in [2.45, 2.75) is 26.4 Å². The first-order chi connectivity index (χ1) is 10.5. The van der Waals surface area contributed by atoms with Crippen LogP contribution in [-0.2, 0) is 11.3 Å². The average Bonchev–Trinajstić information content (AvgIpc) is 2.51. The molecule has 22 heavy (non-hydrogen) atoms. The largest absolute Gasteiger partial charge is 0.383 e. The van der Waals surface area contributed by atoms with E-state index in [9.17, 15) is 4.39 Å². The number of aromatic nitrogens is 1. The zero-order chi connectivity index (χ0) is 16.1. The smallest absolute Gasteiger partial charge is 0.129 e. The van der Waals surface area contributed by atoms with Gasteiger partial charge in [-0.2, -0.15) is 0 Å². The third kappa shape index (κ3) is 3.90. The molecule has 1 heterocycles. The van der Waals surface area contributed by atoms with Crippen LogP contribution in [0, 0.1) is 19.7 Å². The van der Waals surface area contributed by atoms with Gasteiger partial charge in [-0.05, 0) is 49.7 Å². The van der Waals surface area contributed by atoms with E-state index in [4.69, 9.17) is 4.74 Å². The summed E-state index contributed by atoms with van der Waals surface area (Å²) < 4.78 is 19.1. The SMILES string of the molecule is COCC(c1ccccn1)N(C)Cc1cc(C)c(F)c(C)c1. The lowest BCUT2D eigenvalue weighted by atomic mass is 10.0. The molecule has 0 N–H and O–H groups in total. The average molecular weight is 302 g/mol. The van der Waals surface area contributed by atoms with E-state index >= 15 is 0 Å². The molecule has 0 spiro atoms. The number of pyridine rings is 1. The quantitative estimate of drug-likeness (QED) is 0.814. The van der Waals surface area contributed by atoms with Crippen molar-refractivity contribution < 1.29 is 9.13 Å². The number of benzene rings is 1. The van der Waals surface area contributed by atoms with Crippen LogP contribution in [0.5, 0.6) is 0 Å². The number of ether oxygens (including phenoxy) is 1. The molecule has 1 aromatic carbocycles. The van der Waals surface area contributed by atoms with Crippen LogP contribution in [0.25, 0.3) is 0 Å². The predicted octanol–water partition coefficient (Wildman–Crippen LogP) is 3.66. The van der Waals surface area contributed by atoms with Crippen molar-refractivity contribution in [3.05, 3.63) is 64.7 Å². The number of aryl methyl sites for hydroxylation is 2. The molecule has 0 aliphatic carbocycles. The Hall–Kier alpha value is -1.78. The van der Waals surface area contributed by atoms with Crippen molar-refractivity contribution in [3.8, 4) is 0 Å². The number of hydrogen-bond donors (Lipinski definition) is 0. The number of hydrogen-bond acceptors (Lipinski definition) is 3. The van der Waals surface area contributed by atoms with Gasteiger partial charge in [-0.1, -0.05) is 18.2 Å². The molecule has 0 bridgehead atoms. The Kier molecular flexibility index (Phi) is 5.63. The summed E-state index contributed by atoms with van der Waals surface area (Å²) >= 11 is 0. The van der Waals surface area contributed by atoms with E-state index in [1.165, 1.54) is 0 Å². The molecule has 118 valence electrons. The Bertz CT molecular complexity index is 593. The minimum absolute atomic E-state index is 0.0665. The van der Waals surface area contributed by atoms with Crippen LogP contribution in [0.3, 0.4) is 0 Å². The fourth-order valence-electron chi connectivity index (χ4n) is 2.69. The van der Waals surface area contributed by atoms with E-state index in [-0.39, 0.29) is 11.9 Å². The third-order valence-electron chi connectivity index (χ3n) is 3.81. The van der Waals surface area contributed by atoms with Crippen molar-refractivity contribution in [2.75, 3.05) is 20.8 Å². The van der Waals surface area contributed by atoms with Gasteiger partial charge in [0.15, 0.2) is 0 Å². The highest BCUT2D eigenvalue weighted by molar-refractivity contribution is 5.30. The Morgan fingerprint density at radius 1 is 1.23 bits per heavy atom. The summed E-state index contributed by atoms with van der Waals surface area (Å²) in [6.07, 6.45) is 1.79. The zero-order valence-electron chi connectivity index (χ0n) is 13.6. The van der Waals surface area contributed by atoms with Gasteiger partial charge in [0.1, 0.15) is 5.82 Å². The second kappa shape index (κ2) is 7.47. The summed E-state index contributed by atoms with van der Waals surface area (Å²) in [5.74, 6) is -0.121. The van der Waals surface area contributed by atoms with E-state index in [0.29, 0.717) is 24.3 Å². The number of rotatable bonds is 6. The monoisotopic (exact) mass is 302 g/mol. The molecule has 1 unspecified atom stereocenters. The second-order valence-electron chi connectivity index (χ2n) is 5.68. The maximum atomic E-state index is 13.7. The number of likely N-dealkylation sites (N-methyl/N-ethyl adjacent to an activating group) is 1. The van der Waals surface area contributed by atoms with Gasteiger partial charge in [-0.15, -0.1) is 0 Å². The van der Waals surface area contributed by atoms with Crippen molar-refractivity contribution in [1.29, 1.82) is 0 Å². The molecule has 0 radical (unpaired) electrons. The lowest BCUT2D eigenvalue weighted by molar-refractivity contribution is 0.1000. The molecular weight excluding hydrogens is 279 g/mol. The van der Waals surface area contributed by atoms with Gasteiger partial charge in [0.2, 0.25) is 0 Å². The molecular formula is C18H23FN2O. The number of nitrogens with zero attached hydrogens (tertiary/aromatic N) is 2. The molecule has 0 fully saturated rings. The van der Waals surface area contributed by atoms with Gasteiger partial charge >= 0.3 is 0 Å². The van der Waals surface area contributed by atoms with Crippen LogP contribution < -0.4 is 0 Å². The Balaban J connectivity index is 2.20. The highest BCUT2D eigenvalue weighted by atomic mass is 19.1.